The molecule has 0 saturated heterocycles. The molecule has 2 bridgehead atoms. The number of aliphatic hydroxyl groups excluding tert-OH is 1. The number of hydrogen-bond acceptors (Lipinski definition) is 5. The minimum Gasteiger partial charge on any atom is -0.456 e. The van der Waals surface area contributed by atoms with E-state index in [0.717, 1.165) is 6.08 Å². The van der Waals surface area contributed by atoms with Crippen LogP contribution < -0.4 is 0 Å². The first-order valence-corrected chi connectivity index (χ1v) is 6.16. The molecule has 0 amide bonds. The third-order valence-corrected chi connectivity index (χ3v) is 3.81. The first-order valence-electron chi connectivity index (χ1n) is 6.16. The van der Waals surface area contributed by atoms with Crippen molar-refractivity contribution in [3.05, 3.63) is 12.7 Å². The number of rotatable bonds is 2. The summed E-state index contributed by atoms with van der Waals surface area (Å²) in [5.74, 6) is -0.565. The maximum absolute atomic E-state index is 11.3. The molecular formula is C13H20O5. The highest BCUT2D eigenvalue weighted by Gasteiger charge is 2.57. The Morgan fingerprint density at radius 2 is 1.78 bits per heavy atom. The molecule has 2 atom stereocenters. The van der Waals surface area contributed by atoms with Crippen LogP contribution in [0, 0.1) is 0 Å². The topological polar surface area (TPSA) is 87.0 Å². The predicted molar refractivity (Wildman–Crippen MR) is 63.7 cm³/mol. The zero-order valence-electron chi connectivity index (χ0n) is 10.6. The highest BCUT2D eigenvalue weighted by atomic mass is 16.6. The minimum absolute atomic E-state index is 0.205. The van der Waals surface area contributed by atoms with Gasteiger partial charge in [-0.25, -0.2) is 4.79 Å². The second-order valence-electron chi connectivity index (χ2n) is 6.12. The number of esters is 1. The monoisotopic (exact) mass is 256 g/mol. The van der Waals surface area contributed by atoms with Gasteiger partial charge in [0, 0.05) is 38.2 Å². The zero-order chi connectivity index (χ0) is 13.6. The number of aliphatic hydroxyl groups is 3. The molecule has 0 aromatic rings. The van der Waals surface area contributed by atoms with Gasteiger partial charge < -0.3 is 20.1 Å². The van der Waals surface area contributed by atoms with Crippen LogP contribution in [0.1, 0.15) is 39.0 Å². The Kier molecular flexibility index (Phi) is 3.04. The number of carbonyl (C=O) groups excluding carboxylic acids is 1. The van der Waals surface area contributed by atoms with Crippen molar-refractivity contribution >= 4 is 5.97 Å². The van der Waals surface area contributed by atoms with Gasteiger partial charge in [-0.2, -0.15) is 0 Å². The average Bonchev–Trinajstić information content (AvgIpc) is 2.10. The molecule has 0 spiro atoms. The van der Waals surface area contributed by atoms with Crippen LogP contribution in [-0.4, -0.2) is 44.2 Å². The van der Waals surface area contributed by atoms with Gasteiger partial charge in [0.05, 0.1) is 17.3 Å². The number of ether oxygens (including phenoxy) is 1. The van der Waals surface area contributed by atoms with Gasteiger partial charge >= 0.3 is 5.97 Å². The molecule has 0 heterocycles. The summed E-state index contributed by atoms with van der Waals surface area (Å²) < 4.78 is 5.27. The molecule has 2 rings (SSSR count). The molecule has 18 heavy (non-hydrogen) atoms. The van der Waals surface area contributed by atoms with E-state index in [1.807, 2.05) is 0 Å². The second kappa shape index (κ2) is 4.05. The summed E-state index contributed by atoms with van der Waals surface area (Å²) >= 11 is 0. The molecule has 2 aliphatic carbocycles. The van der Waals surface area contributed by atoms with E-state index in [0.29, 0.717) is 0 Å². The van der Waals surface area contributed by atoms with Crippen LogP contribution in [0.4, 0.5) is 0 Å². The fraction of sp³-hybridized carbons (Fsp3) is 0.769. The summed E-state index contributed by atoms with van der Waals surface area (Å²) in [6.07, 6.45) is 1.43. The van der Waals surface area contributed by atoms with Gasteiger partial charge in [-0.3, -0.25) is 0 Å². The standard InChI is InChI=1S/C13H20O5/c1-3-10(15)18-11(2)6-12(16)4-9(14)5-13(17,7-11)8-12/h3,9,14,16-17H,1,4-8H2,2H3. The number of hydrogen-bond donors (Lipinski definition) is 3. The lowest BCUT2D eigenvalue weighted by Gasteiger charge is -2.54. The average molecular weight is 256 g/mol. The largest absolute Gasteiger partial charge is 0.456 e. The van der Waals surface area contributed by atoms with Crippen LogP contribution in [0.25, 0.3) is 0 Å². The summed E-state index contributed by atoms with van der Waals surface area (Å²) in [5, 5.41) is 30.5. The Bertz CT molecular complexity index is 360. The molecule has 5 heteroatoms. The van der Waals surface area contributed by atoms with E-state index in [1.165, 1.54) is 0 Å². The van der Waals surface area contributed by atoms with Gasteiger partial charge in [0.25, 0.3) is 0 Å². The van der Waals surface area contributed by atoms with Crippen LogP contribution in [0.15, 0.2) is 12.7 Å². The highest BCUT2D eigenvalue weighted by molar-refractivity contribution is 5.81. The van der Waals surface area contributed by atoms with E-state index >= 15 is 0 Å². The molecule has 5 nitrogen and oxygen atoms in total. The zero-order valence-corrected chi connectivity index (χ0v) is 10.6. The van der Waals surface area contributed by atoms with E-state index in [2.05, 4.69) is 6.58 Å². The third kappa shape index (κ3) is 2.58. The SMILES string of the molecule is C=CC(=O)OC1(C)CC2(O)CC(O)CC(O)(C2)C1. The number of carbonyl (C=O) groups is 1. The van der Waals surface area contributed by atoms with E-state index in [9.17, 15) is 20.1 Å². The summed E-state index contributed by atoms with van der Waals surface area (Å²) in [6.45, 7) is 5.03. The lowest BCUT2D eigenvalue weighted by atomic mass is 9.60. The van der Waals surface area contributed by atoms with Crippen molar-refractivity contribution in [3.8, 4) is 0 Å². The minimum atomic E-state index is -1.18. The van der Waals surface area contributed by atoms with E-state index in [1.54, 1.807) is 6.92 Å². The highest BCUT2D eigenvalue weighted by Crippen LogP contribution is 2.50. The molecule has 2 fully saturated rings. The van der Waals surface area contributed by atoms with Gasteiger partial charge in [-0.1, -0.05) is 6.58 Å². The summed E-state index contributed by atoms with van der Waals surface area (Å²) in [6, 6.07) is 0. The van der Waals surface area contributed by atoms with Gasteiger partial charge in [0.2, 0.25) is 0 Å². The van der Waals surface area contributed by atoms with Crippen molar-refractivity contribution in [1.82, 2.24) is 0 Å². The molecule has 0 aromatic heterocycles. The summed E-state index contributed by atoms with van der Waals surface area (Å²) in [7, 11) is 0. The van der Waals surface area contributed by atoms with Crippen LogP contribution >= 0.6 is 0 Å². The van der Waals surface area contributed by atoms with Crippen LogP contribution in [0.3, 0.4) is 0 Å². The molecule has 102 valence electrons. The van der Waals surface area contributed by atoms with Crippen molar-refractivity contribution in [3.63, 3.8) is 0 Å². The molecule has 0 radical (unpaired) electrons. The molecule has 2 saturated carbocycles. The Labute approximate surface area is 106 Å². The van der Waals surface area contributed by atoms with E-state index < -0.39 is 28.9 Å². The normalized spacial score (nSPS) is 47.4. The van der Waals surface area contributed by atoms with Crippen LogP contribution in [0.5, 0.6) is 0 Å². The fourth-order valence-corrected chi connectivity index (χ4v) is 3.79. The van der Waals surface area contributed by atoms with E-state index in [4.69, 9.17) is 4.74 Å². The van der Waals surface area contributed by atoms with Crippen molar-refractivity contribution < 1.29 is 24.9 Å². The Morgan fingerprint density at radius 1 is 1.28 bits per heavy atom. The van der Waals surface area contributed by atoms with Gasteiger partial charge in [-0.15, -0.1) is 0 Å². The molecule has 2 unspecified atom stereocenters. The van der Waals surface area contributed by atoms with Gasteiger partial charge in [0.1, 0.15) is 5.60 Å². The molecule has 0 aromatic carbocycles. The van der Waals surface area contributed by atoms with Crippen molar-refractivity contribution in [2.75, 3.05) is 0 Å². The molecule has 0 aliphatic heterocycles. The molecular weight excluding hydrogens is 236 g/mol. The maximum atomic E-state index is 11.3. The Balaban J connectivity index is 2.23. The van der Waals surface area contributed by atoms with Crippen molar-refractivity contribution in [1.29, 1.82) is 0 Å². The third-order valence-electron chi connectivity index (χ3n) is 3.81. The molecule has 3 N–H and O–H groups in total. The Hall–Kier alpha value is -0.910. The quantitative estimate of drug-likeness (QED) is 0.488. The van der Waals surface area contributed by atoms with Crippen molar-refractivity contribution in [2.45, 2.75) is 61.9 Å². The Morgan fingerprint density at radius 3 is 2.22 bits per heavy atom. The first kappa shape index (κ1) is 13.5. The number of fused-ring (bicyclic) bond motifs is 2. The van der Waals surface area contributed by atoms with Crippen LogP contribution in [0.2, 0.25) is 0 Å². The fourth-order valence-electron chi connectivity index (χ4n) is 3.79. The lowest BCUT2D eigenvalue weighted by molar-refractivity contribution is -0.225. The van der Waals surface area contributed by atoms with Crippen molar-refractivity contribution in [2.24, 2.45) is 0 Å². The summed E-state index contributed by atoms with van der Waals surface area (Å²) in [4.78, 5) is 11.3. The van der Waals surface area contributed by atoms with E-state index in [-0.39, 0.29) is 32.1 Å². The lowest BCUT2D eigenvalue weighted by Crippen LogP contribution is -2.61. The predicted octanol–water partition coefficient (Wildman–Crippen LogP) is 0.275. The molecule has 2 aliphatic rings. The van der Waals surface area contributed by atoms with Crippen LogP contribution in [-0.2, 0) is 9.53 Å². The maximum Gasteiger partial charge on any atom is 0.330 e. The van der Waals surface area contributed by atoms with Gasteiger partial charge in [-0.05, 0) is 6.92 Å². The van der Waals surface area contributed by atoms with Gasteiger partial charge in [0.15, 0.2) is 0 Å². The first-order chi connectivity index (χ1) is 8.18. The summed E-state index contributed by atoms with van der Waals surface area (Å²) in [5.41, 5.74) is -3.28. The smallest absolute Gasteiger partial charge is 0.330 e. The second-order valence-corrected chi connectivity index (χ2v) is 6.12.